The van der Waals surface area contributed by atoms with Crippen molar-refractivity contribution in [3.63, 3.8) is 0 Å². The molecular formula is C12H10IN3O. The lowest BCUT2D eigenvalue weighted by Gasteiger charge is -2.05. The molecule has 0 bridgehead atoms. The molecule has 0 atom stereocenters. The zero-order chi connectivity index (χ0) is 12.3. The number of pyridine rings is 2. The molecule has 0 spiro atoms. The fourth-order valence-corrected chi connectivity index (χ4v) is 1.68. The Balaban J connectivity index is 2.17. The first kappa shape index (κ1) is 12.0. The van der Waals surface area contributed by atoms with Crippen LogP contribution in [0.25, 0.3) is 0 Å². The lowest BCUT2D eigenvalue weighted by Crippen LogP contribution is -2.14. The topological polar surface area (TPSA) is 54.9 Å². The molecule has 0 aliphatic rings. The van der Waals surface area contributed by atoms with Crippen LogP contribution in [0.4, 0.5) is 5.82 Å². The third kappa shape index (κ3) is 3.00. The van der Waals surface area contributed by atoms with Crippen molar-refractivity contribution in [2.45, 2.75) is 6.92 Å². The smallest absolute Gasteiger partial charge is 0.258 e. The van der Waals surface area contributed by atoms with Gasteiger partial charge in [0.1, 0.15) is 5.82 Å². The van der Waals surface area contributed by atoms with Crippen LogP contribution in [0.15, 0.2) is 36.7 Å². The molecule has 0 aromatic carbocycles. The quantitative estimate of drug-likeness (QED) is 0.856. The summed E-state index contributed by atoms with van der Waals surface area (Å²) in [6.45, 7) is 1.80. The normalized spacial score (nSPS) is 10.0. The third-order valence-corrected chi connectivity index (χ3v) is 2.86. The van der Waals surface area contributed by atoms with E-state index in [-0.39, 0.29) is 5.91 Å². The molecule has 86 valence electrons. The molecule has 0 fully saturated rings. The summed E-state index contributed by atoms with van der Waals surface area (Å²) in [6, 6.07) is 7.14. The average molecular weight is 339 g/mol. The van der Waals surface area contributed by atoms with E-state index in [9.17, 15) is 4.79 Å². The fourth-order valence-electron chi connectivity index (χ4n) is 1.36. The Labute approximate surface area is 113 Å². The summed E-state index contributed by atoms with van der Waals surface area (Å²) >= 11 is 2.16. The van der Waals surface area contributed by atoms with E-state index in [0.717, 1.165) is 3.57 Å². The predicted molar refractivity (Wildman–Crippen MR) is 73.9 cm³/mol. The number of aromatic nitrogens is 2. The third-order valence-electron chi connectivity index (χ3n) is 2.22. The van der Waals surface area contributed by atoms with Gasteiger partial charge in [-0.3, -0.25) is 9.78 Å². The highest BCUT2D eigenvalue weighted by Crippen LogP contribution is 2.10. The van der Waals surface area contributed by atoms with Gasteiger partial charge in [-0.1, -0.05) is 0 Å². The van der Waals surface area contributed by atoms with E-state index in [1.54, 1.807) is 37.5 Å². The van der Waals surface area contributed by atoms with Crippen LogP contribution in [0, 0.1) is 10.5 Å². The molecule has 1 amide bonds. The number of carbonyl (C=O) groups is 1. The maximum Gasteiger partial charge on any atom is 0.258 e. The Morgan fingerprint density at radius 1 is 1.29 bits per heavy atom. The second-order valence-electron chi connectivity index (χ2n) is 3.45. The van der Waals surface area contributed by atoms with Gasteiger partial charge in [0.2, 0.25) is 0 Å². The Morgan fingerprint density at radius 3 is 2.76 bits per heavy atom. The maximum atomic E-state index is 11.9. The fraction of sp³-hybridized carbons (Fsp3) is 0.0833. The molecule has 0 aliphatic heterocycles. The van der Waals surface area contributed by atoms with Crippen LogP contribution in [0.5, 0.6) is 0 Å². The van der Waals surface area contributed by atoms with Crippen LogP contribution in [0.1, 0.15) is 16.1 Å². The largest absolute Gasteiger partial charge is 0.307 e. The molecule has 0 radical (unpaired) electrons. The Bertz CT molecular complexity index is 540. The maximum absolute atomic E-state index is 11.9. The van der Waals surface area contributed by atoms with Gasteiger partial charge in [-0.05, 0) is 53.8 Å². The van der Waals surface area contributed by atoms with Gasteiger partial charge in [-0.25, -0.2) is 4.98 Å². The summed E-state index contributed by atoms with van der Waals surface area (Å²) in [5.74, 6) is 0.350. The number of aryl methyl sites for hydroxylation is 1. The molecule has 1 N–H and O–H groups in total. The van der Waals surface area contributed by atoms with Crippen LogP contribution in [0.3, 0.4) is 0 Å². The van der Waals surface area contributed by atoms with Crippen LogP contribution in [-0.4, -0.2) is 15.9 Å². The number of hydrogen-bond donors (Lipinski definition) is 1. The summed E-state index contributed by atoms with van der Waals surface area (Å²) in [5.41, 5.74) is 1.27. The molecule has 0 unspecified atom stereocenters. The van der Waals surface area contributed by atoms with Crippen molar-refractivity contribution in [1.82, 2.24) is 9.97 Å². The minimum Gasteiger partial charge on any atom is -0.307 e. The number of hydrogen-bond acceptors (Lipinski definition) is 3. The van der Waals surface area contributed by atoms with Gasteiger partial charge in [0.15, 0.2) is 0 Å². The first-order valence-electron chi connectivity index (χ1n) is 5.01. The monoisotopic (exact) mass is 339 g/mol. The molecule has 2 rings (SSSR count). The van der Waals surface area contributed by atoms with Crippen molar-refractivity contribution in [3.05, 3.63) is 51.5 Å². The second-order valence-corrected chi connectivity index (χ2v) is 4.70. The highest BCUT2D eigenvalue weighted by molar-refractivity contribution is 14.1. The lowest BCUT2D eigenvalue weighted by molar-refractivity contribution is 0.102. The van der Waals surface area contributed by atoms with Gasteiger partial charge in [0.25, 0.3) is 5.91 Å². The SMILES string of the molecule is Cc1ncccc1C(=O)Nc1ccc(I)cn1. The standard InChI is InChI=1S/C12H10IN3O/c1-8-10(3-2-6-14-8)12(17)16-11-5-4-9(13)7-15-11/h2-7H,1H3,(H,15,16,17). The predicted octanol–water partition coefficient (Wildman–Crippen LogP) is 2.64. The van der Waals surface area contributed by atoms with Crippen LogP contribution < -0.4 is 5.32 Å². The number of rotatable bonds is 2. The Hall–Kier alpha value is -1.50. The van der Waals surface area contributed by atoms with Gasteiger partial charge >= 0.3 is 0 Å². The molecule has 2 heterocycles. The van der Waals surface area contributed by atoms with Gasteiger partial charge in [-0.2, -0.15) is 0 Å². The molecule has 2 aromatic heterocycles. The summed E-state index contributed by atoms with van der Waals surface area (Å²) in [5, 5.41) is 2.73. The number of carbonyl (C=O) groups excluding carboxylic acids is 1. The van der Waals surface area contributed by atoms with Crippen molar-refractivity contribution in [2.75, 3.05) is 5.32 Å². The number of amides is 1. The molecule has 17 heavy (non-hydrogen) atoms. The first-order chi connectivity index (χ1) is 8.16. The van der Waals surface area contributed by atoms with Gasteiger partial charge in [0.05, 0.1) is 5.56 Å². The first-order valence-corrected chi connectivity index (χ1v) is 6.09. The second kappa shape index (κ2) is 5.22. The van der Waals surface area contributed by atoms with E-state index < -0.39 is 0 Å². The zero-order valence-electron chi connectivity index (χ0n) is 9.14. The molecule has 4 nitrogen and oxygen atoms in total. The van der Waals surface area contributed by atoms with E-state index >= 15 is 0 Å². The molecule has 0 aliphatic carbocycles. The van der Waals surface area contributed by atoms with Crippen molar-refractivity contribution < 1.29 is 4.79 Å². The van der Waals surface area contributed by atoms with Crippen molar-refractivity contribution in [1.29, 1.82) is 0 Å². The average Bonchev–Trinajstić information content (AvgIpc) is 2.32. The van der Waals surface area contributed by atoms with Gasteiger partial charge < -0.3 is 5.32 Å². The van der Waals surface area contributed by atoms with E-state index in [0.29, 0.717) is 17.1 Å². The lowest BCUT2D eigenvalue weighted by atomic mass is 10.2. The summed E-state index contributed by atoms with van der Waals surface area (Å²) in [7, 11) is 0. The van der Waals surface area contributed by atoms with Crippen LogP contribution >= 0.6 is 22.6 Å². The minimum atomic E-state index is -0.190. The van der Waals surface area contributed by atoms with E-state index in [4.69, 9.17) is 0 Å². The Morgan fingerprint density at radius 2 is 2.12 bits per heavy atom. The molecule has 2 aromatic rings. The van der Waals surface area contributed by atoms with Crippen molar-refractivity contribution in [2.24, 2.45) is 0 Å². The zero-order valence-corrected chi connectivity index (χ0v) is 11.3. The van der Waals surface area contributed by atoms with Crippen molar-refractivity contribution >= 4 is 34.3 Å². The Kier molecular flexibility index (Phi) is 3.68. The highest BCUT2D eigenvalue weighted by atomic mass is 127. The highest BCUT2D eigenvalue weighted by Gasteiger charge is 2.09. The molecule has 0 saturated heterocycles. The van der Waals surface area contributed by atoms with Crippen LogP contribution in [0.2, 0.25) is 0 Å². The van der Waals surface area contributed by atoms with Crippen LogP contribution in [-0.2, 0) is 0 Å². The van der Waals surface area contributed by atoms with Crippen molar-refractivity contribution in [3.8, 4) is 0 Å². The molecule has 0 saturated carbocycles. The van der Waals surface area contributed by atoms with Gasteiger partial charge in [0, 0.05) is 21.7 Å². The van der Waals surface area contributed by atoms with E-state index in [2.05, 4.69) is 37.9 Å². The van der Waals surface area contributed by atoms with E-state index in [1.165, 1.54) is 0 Å². The summed E-state index contributed by atoms with van der Waals surface area (Å²) < 4.78 is 1.03. The number of anilines is 1. The number of nitrogens with zero attached hydrogens (tertiary/aromatic N) is 2. The summed E-state index contributed by atoms with van der Waals surface area (Å²) in [6.07, 6.45) is 3.36. The summed E-state index contributed by atoms with van der Waals surface area (Å²) in [4.78, 5) is 20.1. The minimum absolute atomic E-state index is 0.190. The molecular weight excluding hydrogens is 329 g/mol. The van der Waals surface area contributed by atoms with Gasteiger partial charge in [-0.15, -0.1) is 0 Å². The van der Waals surface area contributed by atoms with E-state index in [1.807, 2.05) is 6.07 Å². The molecule has 5 heteroatoms. The number of nitrogens with one attached hydrogen (secondary N) is 1. The number of halogens is 1.